The van der Waals surface area contributed by atoms with Crippen molar-refractivity contribution in [1.82, 2.24) is 4.57 Å². The van der Waals surface area contributed by atoms with Gasteiger partial charge in [-0.3, -0.25) is 9.59 Å². The monoisotopic (exact) mass is 377 g/mol. The first-order valence-corrected chi connectivity index (χ1v) is 9.44. The maximum absolute atomic E-state index is 12.6. The van der Waals surface area contributed by atoms with Crippen molar-refractivity contribution in [3.05, 3.63) is 59.3 Å². The molecule has 0 atom stereocenters. The number of Topliss-reactive ketones (excluding diaryl/α,β-unsaturated/α-hetero) is 1. The zero-order valence-electron chi connectivity index (χ0n) is 15.8. The van der Waals surface area contributed by atoms with Gasteiger partial charge in [-0.25, -0.2) is 0 Å². The van der Waals surface area contributed by atoms with E-state index in [1.807, 2.05) is 36.4 Å². The molecule has 0 saturated heterocycles. The van der Waals surface area contributed by atoms with Crippen LogP contribution in [0.25, 0.3) is 16.6 Å². The summed E-state index contributed by atoms with van der Waals surface area (Å²) in [7, 11) is 1.63. The lowest BCUT2D eigenvalue weighted by molar-refractivity contribution is 0.0971. The van der Waals surface area contributed by atoms with Gasteiger partial charge in [0.15, 0.2) is 5.78 Å². The molecule has 1 aliphatic rings. The van der Waals surface area contributed by atoms with E-state index in [0.717, 1.165) is 40.7 Å². The molecule has 1 heterocycles. The number of nitrogens with two attached hydrogens (primary N) is 1. The van der Waals surface area contributed by atoms with Crippen LogP contribution in [-0.2, 0) is 11.2 Å². The quantitative estimate of drug-likeness (QED) is 0.645. The van der Waals surface area contributed by atoms with Crippen molar-refractivity contribution < 1.29 is 14.3 Å². The minimum Gasteiger partial charge on any atom is -0.383 e. The summed E-state index contributed by atoms with van der Waals surface area (Å²) < 4.78 is 7.22. The van der Waals surface area contributed by atoms with Gasteiger partial charge in [0, 0.05) is 48.1 Å². The van der Waals surface area contributed by atoms with Crippen LogP contribution in [-0.4, -0.2) is 36.5 Å². The lowest BCUT2D eigenvalue weighted by Crippen LogP contribution is -2.17. The smallest absolute Gasteiger partial charge is 0.250 e. The molecule has 144 valence electrons. The number of ether oxygens (including phenoxy) is 1. The first-order chi connectivity index (χ1) is 13.6. The Morgan fingerprint density at radius 2 is 2.04 bits per heavy atom. The second-order valence-electron chi connectivity index (χ2n) is 6.96. The van der Waals surface area contributed by atoms with Crippen molar-refractivity contribution in [2.45, 2.75) is 19.3 Å². The first kappa shape index (κ1) is 18.3. The number of ketones is 1. The average molecular weight is 377 g/mol. The number of fused-ring (bicyclic) bond motifs is 3. The molecule has 0 aliphatic heterocycles. The Morgan fingerprint density at radius 1 is 1.21 bits per heavy atom. The van der Waals surface area contributed by atoms with E-state index in [1.165, 1.54) is 0 Å². The summed E-state index contributed by atoms with van der Waals surface area (Å²) in [5.41, 5.74) is 10.4. The number of aromatic nitrogens is 1. The molecule has 2 aromatic carbocycles. The van der Waals surface area contributed by atoms with E-state index in [1.54, 1.807) is 13.2 Å². The number of para-hydroxylation sites is 1. The van der Waals surface area contributed by atoms with Gasteiger partial charge in [-0.15, -0.1) is 0 Å². The lowest BCUT2D eigenvalue weighted by atomic mass is 9.94. The predicted molar refractivity (Wildman–Crippen MR) is 109 cm³/mol. The topological polar surface area (TPSA) is 86.3 Å². The molecule has 0 saturated carbocycles. The van der Waals surface area contributed by atoms with Crippen LogP contribution >= 0.6 is 0 Å². The van der Waals surface area contributed by atoms with Crippen LogP contribution in [0.5, 0.6) is 0 Å². The summed E-state index contributed by atoms with van der Waals surface area (Å²) >= 11 is 0. The number of nitrogens with one attached hydrogen (secondary N) is 1. The van der Waals surface area contributed by atoms with Crippen molar-refractivity contribution in [2.24, 2.45) is 5.73 Å². The van der Waals surface area contributed by atoms with Gasteiger partial charge in [0.1, 0.15) is 0 Å². The molecule has 0 fully saturated rings. The van der Waals surface area contributed by atoms with E-state index in [2.05, 4.69) is 9.88 Å². The van der Waals surface area contributed by atoms with Gasteiger partial charge in [-0.05, 0) is 37.1 Å². The molecule has 0 unspecified atom stereocenters. The summed E-state index contributed by atoms with van der Waals surface area (Å²) in [6.07, 6.45) is 2.28. The van der Waals surface area contributed by atoms with E-state index < -0.39 is 5.91 Å². The molecular weight excluding hydrogens is 354 g/mol. The van der Waals surface area contributed by atoms with E-state index >= 15 is 0 Å². The van der Waals surface area contributed by atoms with Crippen molar-refractivity contribution >= 4 is 28.3 Å². The minimum absolute atomic E-state index is 0.198. The summed E-state index contributed by atoms with van der Waals surface area (Å²) in [4.78, 5) is 24.5. The molecule has 6 nitrogen and oxygen atoms in total. The normalized spacial score (nSPS) is 13.5. The van der Waals surface area contributed by atoms with Crippen molar-refractivity contribution in [1.29, 1.82) is 0 Å². The number of carbonyl (C=O) groups is 2. The maximum Gasteiger partial charge on any atom is 0.250 e. The number of hydrogen-bond acceptors (Lipinski definition) is 4. The second kappa shape index (κ2) is 7.48. The van der Waals surface area contributed by atoms with Crippen molar-refractivity contribution in [3.8, 4) is 5.69 Å². The maximum atomic E-state index is 12.6. The fraction of sp³-hybridized carbons (Fsp3) is 0.273. The number of primary amides is 1. The standard InChI is InChI=1S/C22H23N3O3/c1-28-12-11-24-17-13-14(9-10-15(17)22(23)27)25-18-6-3-2-5-16(18)21-19(25)7-4-8-20(21)26/h2-3,5-6,9-10,13,24H,4,7-8,11-12H2,1H3,(H2,23,27). The number of nitrogens with zero attached hydrogens (tertiary/aromatic N) is 1. The van der Waals surface area contributed by atoms with Gasteiger partial charge < -0.3 is 20.4 Å². The fourth-order valence-electron chi connectivity index (χ4n) is 4.00. The Hall–Kier alpha value is -3.12. The molecule has 6 heteroatoms. The number of rotatable bonds is 6. The Labute approximate surface area is 163 Å². The van der Waals surface area contributed by atoms with Gasteiger partial charge in [-0.1, -0.05) is 18.2 Å². The molecule has 0 radical (unpaired) electrons. The average Bonchev–Trinajstić information content (AvgIpc) is 3.03. The third kappa shape index (κ3) is 3.05. The van der Waals surface area contributed by atoms with E-state index in [-0.39, 0.29) is 5.78 Å². The Balaban J connectivity index is 1.90. The van der Waals surface area contributed by atoms with Crippen LogP contribution in [0, 0.1) is 0 Å². The van der Waals surface area contributed by atoms with Gasteiger partial charge in [-0.2, -0.15) is 0 Å². The molecule has 4 rings (SSSR count). The number of methoxy groups -OCH3 is 1. The third-order valence-electron chi connectivity index (χ3n) is 5.22. The summed E-state index contributed by atoms with van der Waals surface area (Å²) in [6.45, 7) is 1.07. The summed E-state index contributed by atoms with van der Waals surface area (Å²) in [5.74, 6) is -0.288. The van der Waals surface area contributed by atoms with Crippen LogP contribution in [0.2, 0.25) is 0 Å². The third-order valence-corrected chi connectivity index (χ3v) is 5.22. The highest BCUT2D eigenvalue weighted by molar-refractivity contribution is 6.10. The highest BCUT2D eigenvalue weighted by atomic mass is 16.5. The summed E-state index contributed by atoms with van der Waals surface area (Å²) in [5, 5.41) is 4.21. The zero-order valence-corrected chi connectivity index (χ0v) is 15.8. The molecular formula is C22H23N3O3. The first-order valence-electron chi connectivity index (χ1n) is 9.44. The Kier molecular flexibility index (Phi) is 4.88. The molecule has 28 heavy (non-hydrogen) atoms. The molecule has 3 N–H and O–H groups in total. The highest BCUT2D eigenvalue weighted by Gasteiger charge is 2.26. The number of amides is 1. The van der Waals surface area contributed by atoms with Gasteiger partial charge >= 0.3 is 0 Å². The molecule has 3 aromatic rings. The van der Waals surface area contributed by atoms with Crippen LogP contribution in [0.15, 0.2) is 42.5 Å². The van der Waals surface area contributed by atoms with Gasteiger partial charge in [0.2, 0.25) is 0 Å². The number of hydrogen-bond donors (Lipinski definition) is 2. The lowest BCUT2D eigenvalue weighted by Gasteiger charge is -2.17. The number of anilines is 1. The van der Waals surface area contributed by atoms with E-state index in [4.69, 9.17) is 10.5 Å². The molecule has 1 amide bonds. The van der Waals surface area contributed by atoms with Crippen molar-refractivity contribution in [3.63, 3.8) is 0 Å². The predicted octanol–water partition coefficient (Wildman–Crippen LogP) is 3.31. The zero-order chi connectivity index (χ0) is 19.7. The van der Waals surface area contributed by atoms with Gasteiger partial charge in [0.05, 0.1) is 17.7 Å². The largest absolute Gasteiger partial charge is 0.383 e. The van der Waals surface area contributed by atoms with Crippen LogP contribution in [0.1, 0.15) is 39.3 Å². The SMILES string of the molecule is COCCNc1cc(-n2c3c(c4ccccc42)C(=O)CCC3)ccc1C(N)=O. The highest BCUT2D eigenvalue weighted by Crippen LogP contribution is 2.35. The molecule has 1 aromatic heterocycles. The van der Waals surface area contributed by atoms with Gasteiger partial charge in [0.25, 0.3) is 5.91 Å². The molecule has 1 aliphatic carbocycles. The fourth-order valence-corrected chi connectivity index (χ4v) is 4.00. The van der Waals surface area contributed by atoms with Crippen LogP contribution in [0.3, 0.4) is 0 Å². The number of carbonyl (C=O) groups excluding carboxylic acids is 2. The van der Waals surface area contributed by atoms with E-state index in [0.29, 0.717) is 30.8 Å². The number of benzene rings is 2. The molecule has 0 spiro atoms. The molecule has 0 bridgehead atoms. The van der Waals surface area contributed by atoms with Crippen LogP contribution in [0.4, 0.5) is 5.69 Å². The Bertz CT molecular complexity index is 1070. The van der Waals surface area contributed by atoms with Crippen LogP contribution < -0.4 is 11.1 Å². The minimum atomic E-state index is -0.485. The second-order valence-corrected chi connectivity index (χ2v) is 6.96. The van der Waals surface area contributed by atoms with Crippen molar-refractivity contribution in [2.75, 3.05) is 25.6 Å². The Morgan fingerprint density at radius 3 is 2.82 bits per heavy atom. The van der Waals surface area contributed by atoms with E-state index in [9.17, 15) is 9.59 Å². The summed E-state index contributed by atoms with van der Waals surface area (Å²) in [6, 6.07) is 13.5.